The minimum Gasteiger partial charge on any atom is -0.489 e. The van der Waals surface area contributed by atoms with Gasteiger partial charge in [0.1, 0.15) is 12.4 Å². The van der Waals surface area contributed by atoms with Gasteiger partial charge in [-0.05, 0) is 37.2 Å². The summed E-state index contributed by atoms with van der Waals surface area (Å²) in [5.74, 6) is 0.896. The standard InChI is InChI=1S/C18H21NO/c1-15(19-2)8-9-16-10-12-18(13-11-16)20-14-17-6-4-3-5-7-17/h3-13,15,19H,14H2,1-2H3. The average Bonchev–Trinajstić information content (AvgIpc) is 2.52. The molecule has 1 unspecified atom stereocenters. The van der Waals surface area contributed by atoms with Gasteiger partial charge in [0.15, 0.2) is 0 Å². The topological polar surface area (TPSA) is 21.3 Å². The summed E-state index contributed by atoms with van der Waals surface area (Å²) in [4.78, 5) is 0. The molecule has 0 aliphatic heterocycles. The van der Waals surface area contributed by atoms with Crippen LogP contribution in [0.1, 0.15) is 18.1 Å². The van der Waals surface area contributed by atoms with Crippen LogP contribution in [0.4, 0.5) is 0 Å². The zero-order chi connectivity index (χ0) is 14.2. The first-order chi connectivity index (χ1) is 9.78. The Morgan fingerprint density at radius 1 is 1.05 bits per heavy atom. The minimum atomic E-state index is 0.379. The van der Waals surface area contributed by atoms with Crippen molar-refractivity contribution in [1.29, 1.82) is 0 Å². The maximum atomic E-state index is 5.76. The summed E-state index contributed by atoms with van der Waals surface area (Å²) in [7, 11) is 1.95. The number of nitrogens with one attached hydrogen (secondary N) is 1. The van der Waals surface area contributed by atoms with Crippen molar-refractivity contribution in [1.82, 2.24) is 5.32 Å². The van der Waals surface area contributed by atoms with E-state index in [0.717, 1.165) is 5.75 Å². The lowest BCUT2D eigenvalue weighted by Crippen LogP contribution is -2.17. The van der Waals surface area contributed by atoms with Crippen LogP contribution in [-0.4, -0.2) is 13.1 Å². The van der Waals surface area contributed by atoms with Crippen LogP contribution in [0, 0.1) is 0 Å². The Bertz CT molecular complexity index is 531. The summed E-state index contributed by atoms with van der Waals surface area (Å²) >= 11 is 0. The number of likely N-dealkylation sites (N-methyl/N-ethyl adjacent to an activating group) is 1. The van der Waals surface area contributed by atoms with E-state index < -0.39 is 0 Å². The van der Waals surface area contributed by atoms with Crippen molar-refractivity contribution in [2.24, 2.45) is 0 Å². The van der Waals surface area contributed by atoms with Crippen molar-refractivity contribution < 1.29 is 4.74 Å². The van der Waals surface area contributed by atoms with E-state index in [9.17, 15) is 0 Å². The van der Waals surface area contributed by atoms with Crippen molar-refractivity contribution in [3.63, 3.8) is 0 Å². The highest BCUT2D eigenvalue weighted by Crippen LogP contribution is 2.15. The molecule has 0 fully saturated rings. The van der Waals surface area contributed by atoms with E-state index in [-0.39, 0.29) is 0 Å². The summed E-state index contributed by atoms with van der Waals surface area (Å²) in [6.45, 7) is 2.72. The van der Waals surface area contributed by atoms with E-state index in [1.54, 1.807) is 0 Å². The molecule has 0 saturated carbocycles. The second-order valence-corrected chi connectivity index (χ2v) is 4.78. The zero-order valence-electron chi connectivity index (χ0n) is 12.0. The molecule has 0 radical (unpaired) electrons. The van der Waals surface area contributed by atoms with Crippen LogP contribution in [0.5, 0.6) is 5.75 Å². The Balaban J connectivity index is 1.90. The molecule has 0 bridgehead atoms. The minimum absolute atomic E-state index is 0.379. The maximum Gasteiger partial charge on any atom is 0.119 e. The van der Waals surface area contributed by atoms with Crippen molar-refractivity contribution in [2.75, 3.05) is 7.05 Å². The van der Waals surface area contributed by atoms with Gasteiger partial charge in [0.05, 0.1) is 0 Å². The van der Waals surface area contributed by atoms with E-state index in [4.69, 9.17) is 4.74 Å². The van der Waals surface area contributed by atoms with Crippen molar-refractivity contribution in [3.05, 3.63) is 71.8 Å². The number of hydrogen-bond acceptors (Lipinski definition) is 2. The first-order valence-electron chi connectivity index (χ1n) is 6.90. The molecule has 2 aromatic rings. The van der Waals surface area contributed by atoms with Crippen LogP contribution < -0.4 is 10.1 Å². The van der Waals surface area contributed by atoms with E-state index in [0.29, 0.717) is 12.6 Å². The second-order valence-electron chi connectivity index (χ2n) is 4.78. The Morgan fingerprint density at radius 3 is 2.40 bits per heavy atom. The van der Waals surface area contributed by atoms with E-state index >= 15 is 0 Å². The zero-order valence-corrected chi connectivity index (χ0v) is 12.0. The fourth-order valence-corrected chi connectivity index (χ4v) is 1.77. The van der Waals surface area contributed by atoms with E-state index in [1.807, 2.05) is 37.4 Å². The first-order valence-corrected chi connectivity index (χ1v) is 6.90. The van der Waals surface area contributed by atoms with Gasteiger partial charge in [-0.25, -0.2) is 0 Å². The van der Waals surface area contributed by atoms with Gasteiger partial charge in [0.2, 0.25) is 0 Å². The van der Waals surface area contributed by atoms with Crippen molar-refractivity contribution in [2.45, 2.75) is 19.6 Å². The van der Waals surface area contributed by atoms with Gasteiger partial charge in [-0.3, -0.25) is 0 Å². The van der Waals surface area contributed by atoms with Gasteiger partial charge >= 0.3 is 0 Å². The van der Waals surface area contributed by atoms with E-state index in [2.05, 4.69) is 48.7 Å². The molecule has 2 nitrogen and oxygen atoms in total. The van der Waals surface area contributed by atoms with Gasteiger partial charge in [-0.1, -0.05) is 54.6 Å². The molecule has 104 valence electrons. The number of ether oxygens (including phenoxy) is 1. The van der Waals surface area contributed by atoms with Crippen molar-refractivity contribution in [3.8, 4) is 5.75 Å². The molecule has 0 saturated heterocycles. The molecule has 0 heterocycles. The molecule has 0 aromatic heterocycles. The molecule has 0 spiro atoms. The largest absolute Gasteiger partial charge is 0.489 e. The average molecular weight is 267 g/mol. The predicted molar refractivity (Wildman–Crippen MR) is 84.8 cm³/mol. The molecular formula is C18H21NO. The molecule has 0 amide bonds. The summed E-state index contributed by atoms with van der Waals surface area (Å²) in [6, 6.07) is 18.7. The molecule has 2 aromatic carbocycles. The Kier molecular flexibility index (Phi) is 5.39. The van der Waals surface area contributed by atoms with Crippen LogP contribution in [-0.2, 0) is 6.61 Å². The van der Waals surface area contributed by atoms with E-state index in [1.165, 1.54) is 11.1 Å². The number of hydrogen-bond donors (Lipinski definition) is 1. The second kappa shape index (κ2) is 7.51. The SMILES string of the molecule is CNC(C)C=Cc1ccc(OCc2ccccc2)cc1. The Morgan fingerprint density at radius 2 is 1.75 bits per heavy atom. The lowest BCUT2D eigenvalue weighted by Gasteiger charge is -2.07. The highest BCUT2D eigenvalue weighted by molar-refractivity contribution is 5.51. The summed E-state index contributed by atoms with van der Waals surface area (Å²) in [6.07, 6.45) is 4.25. The normalized spacial score (nSPS) is 12.5. The molecule has 20 heavy (non-hydrogen) atoms. The quantitative estimate of drug-likeness (QED) is 0.857. The van der Waals surface area contributed by atoms with Gasteiger partial charge < -0.3 is 10.1 Å². The van der Waals surface area contributed by atoms with Gasteiger partial charge in [0, 0.05) is 6.04 Å². The van der Waals surface area contributed by atoms with Gasteiger partial charge in [-0.2, -0.15) is 0 Å². The van der Waals surface area contributed by atoms with Crippen LogP contribution in [0.2, 0.25) is 0 Å². The third-order valence-corrected chi connectivity index (χ3v) is 3.16. The fraction of sp³-hybridized carbons (Fsp3) is 0.222. The molecule has 1 atom stereocenters. The molecular weight excluding hydrogens is 246 g/mol. The summed E-state index contributed by atoms with van der Waals surface area (Å²) < 4.78 is 5.76. The van der Waals surface area contributed by atoms with Crippen LogP contribution in [0.15, 0.2) is 60.7 Å². The first kappa shape index (κ1) is 14.4. The molecule has 0 aliphatic rings. The van der Waals surface area contributed by atoms with Crippen LogP contribution >= 0.6 is 0 Å². The van der Waals surface area contributed by atoms with Gasteiger partial charge in [0.25, 0.3) is 0 Å². The Labute approximate surface area is 121 Å². The highest BCUT2D eigenvalue weighted by atomic mass is 16.5. The monoisotopic (exact) mass is 267 g/mol. The highest BCUT2D eigenvalue weighted by Gasteiger charge is 1.96. The smallest absolute Gasteiger partial charge is 0.119 e. The number of benzene rings is 2. The summed E-state index contributed by atoms with van der Waals surface area (Å²) in [5.41, 5.74) is 2.36. The third kappa shape index (κ3) is 4.56. The lowest BCUT2D eigenvalue weighted by molar-refractivity contribution is 0.306. The third-order valence-electron chi connectivity index (χ3n) is 3.16. The maximum absolute atomic E-state index is 5.76. The molecule has 2 rings (SSSR count). The fourth-order valence-electron chi connectivity index (χ4n) is 1.77. The van der Waals surface area contributed by atoms with Crippen LogP contribution in [0.3, 0.4) is 0 Å². The molecule has 0 aliphatic carbocycles. The molecule has 1 N–H and O–H groups in total. The lowest BCUT2D eigenvalue weighted by atomic mass is 10.2. The predicted octanol–water partition coefficient (Wildman–Crippen LogP) is 3.89. The number of rotatable bonds is 6. The van der Waals surface area contributed by atoms with Crippen molar-refractivity contribution >= 4 is 6.08 Å². The Hall–Kier alpha value is -2.06. The van der Waals surface area contributed by atoms with Gasteiger partial charge in [-0.15, -0.1) is 0 Å². The van der Waals surface area contributed by atoms with Crippen LogP contribution in [0.25, 0.3) is 6.08 Å². The molecule has 2 heteroatoms. The summed E-state index contributed by atoms with van der Waals surface area (Å²) in [5, 5.41) is 3.17.